The second-order valence-electron chi connectivity index (χ2n) is 4.42. The van der Waals surface area contributed by atoms with Crippen molar-refractivity contribution >= 4 is 17.5 Å². The highest BCUT2D eigenvalue weighted by Gasteiger charge is 2.27. The van der Waals surface area contributed by atoms with E-state index in [1.165, 1.54) is 0 Å². The predicted molar refractivity (Wildman–Crippen MR) is 71.6 cm³/mol. The number of hydrogen-bond acceptors (Lipinski definition) is 5. The molecule has 1 fully saturated rings. The summed E-state index contributed by atoms with van der Waals surface area (Å²) in [5.74, 6) is 1.45. The van der Waals surface area contributed by atoms with E-state index in [0.717, 1.165) is 18.4 Å². The van der Waals surface area contributed by atoms with Crippen LogP contribution in [0.5, 0.6) is 11.5 Å². The number of methoxy groups -OCH3 is 1. The van der Waals surface area contributed by atoms with Crippen molar-refractivity contribution in [1.29, 1.82) is 0 Å². The van der Waals surface area contributed by atoms with Crippen molar-refractivity contribution in [2.45, 2.75) is 18.9 Å². The molecule has 6 heteroatoms. The summed E-state index contributed by atoms with van der Waals surface area (Å²) < 4.78 is 16.1. The molecule has 2 aromatic rings. The largest absolute Gasteiger partial charge is 0.493 e. The molecule has 1 aliphatic carbocycles. The van der Waals surface area contributed by atoms with Gasteiger partial charge in [0, 0.05) is 17.2 Å². The van der Waals surface area contributed by atoms with Gasteiger partial charge in [0.25, 0.3) is 0 Å². The predicted octanol–water partition coefficient (Wildman–Crippen LogP) is 3.13. The number of benzene rings is 1. The summed E-state index contributed by atoms with van der Waals surface area (Å²) >= 11 is 6.08. The van der Waals surface area contributed by atoms with Gasteiger partial charge in [0.2, 0.25) is 5.88 Å². The Morgan fingerprint density at radius 3 is 2.74 bits per heavy atom. The Morgan fingerprint density at radius 1 is 1.37 bits per heavy atom. The summed E-state index contributed by atoms with van der Waals surface area (Å²) in [6.45, 7) is 0. The Hall–Kier alpha value is -1.88. The molecule has 1 heterocycles. The Bertz CT molecular complexity index is 608. The topological polar surface area (TPSA) is 70.5 Å². The Balaban J connectivity index is 2.11. The SMILES string of the molecule is COc1cc(Cl)cc(-c2cc(N)on2)c1OC1CC1. The van der Waals surface area contributed by atoms with E-state index in [0.29, 0.717) is 22.2 Å². The highest BCUT2D eigenvalue weighted by molar-refractivity contribution is 6.31. The van der Waals surface area contributed by atoms with Crippen molar-refractivity contribution in [2.24, 2.45) is 0 Å². The van der Waals surface area contributed by atoms with E-state index in [9.17, 15) is 0 Å². The number of hydrogen-bond donors (Lipinski definition) is 1. The van der Waals surface area contributed by atoms with E-state index in [1.807, 2.05) is 0 Å². The molecule has 1 saturated carbocycles. The number of nitrogens with two attached hydrogens (primary N) is 1. The van der Waals surface area contributed by atoms with Crippen LogP contribution in [0.4, 0.5) is 5.88 Å². The maximum Gasteiger partial charge on any atom is 0.222 e. The van der Waals surface area contributed by atoms with Crippen LogP contribution in [0.15, 0.2) is 22.7 Å². The third-order valence-corrected chi connectivity index (χ3v) is 3.07. The monoisotopic (exact) mass is 280 g/mol. The number of halogens is 1. The molecule has 1 aromatic heterocycles. The van der Waals surface area contributed by atoms with Gasteiger partial charge in [-0.3, -0.25) is 0 Å². The number of nitrogen functional groups attached to an aromatic ring is 1. The molecule has 100 valence electrons. The Kier molecular flexibility index (Phi) is 2.98. The second-order valence-corrected chi connectivity index (χ2v) is 4.85. The van der Waals surface area contributed by atoms with Crippen molar-refractivity contribution < 1.29 is 14.0 Å². The number of nitrogens with zero attached hydrogens (tertiary/aromatic N) is 1. The minimum atomic E-state index is 0.234. The van der Waals surface area contributed by atoms with Gasteiger partial charge in [-0.2, -0.15) is 0 Å². The van der Waals surface area contributed by atoms with E-state index in [-0.39, 0.29) is 12.0 Å². The number of aromatic nitrogens is 1. The molecule has 0 radical (unpaired) electrons. The van der Waals surface area contributed by atoms with Crippen molar-refractivity contribution in [3.05, 3.63) is 23.2 Å². The molecule has 0 saturated heterocycles. The molecular formula is C13H13ClN2O3. The summed E-state index contributed by atoms with van der Waals surface area (Å²) in [4.78, 5) is 0. The average Bonchev–Trinajstić information content (AvgIpc) is 3.11. The third-order valence-electron chi connectivity index (χ3n) is 2.85. The Labute approximate surface area is 115 Å². The first kappa shape index (κ1) is 12.2. The summed E-state index contributed by atoms with van der Waals surface area (Å²) in [6, 6.07) is 5.11. The van der Waals surface area contributed by atoms with Crippen molar-refractivity contribution in [1.82, 2.24) is 5.16 Å². The Morgan fingerprint density at radius 2 is 2.16 bits per heavy atom. The van der Waals surface area contributed by atoms with Crippen LogP contribution in [-0.4, -0.2) is 18.4 Å². The van der Waals surface area contributed by atoms with Crippen LogP contribution in [-0.2, 0) is 0 Å². The summed E-state index contributed by atoms with van der Waals surface area (Å²) in [5, 5.41) is 4.44. The van der Waals surface area contributed by atoms with Crippen LogP contribution in [0.3, 0.4) is 0 Å². The molecule has 0 unspecified atom stereocenters. The summed E-state index contributed by atoms with van der Waals surface area (Å²) in [6.07, 6.45) is 2.33. The van der Waals surface area contributed by atoms with Crippen molar-refractivity contribution in [3.63, 3.8) is 0 Å². The molecule has 1 aromatic carbocycles. The molecule has 19 heavy (non-hydrogen) atoms. The molecule has 1 aliphatic rings. The lowest BCUT2D eigenvalue weighted by Gasteiger charge is -2.14. The fraction of sp³-hybridized carbons (Fsp3) is 0.308. The lowest BCUT2D eigenvalue weighted by Crippen LogP contribution is -2.01. The molecule has 0 atom stereocenters. The normalized spacial score (nSPS) is 14.4. The molecule has 0 spiro atoms. The molecular weight excluding hydrogens is 268 g/mol. The highest BCUT2D eigenvalue weighted by Crippen LogP contribution is 2.43. The third kappa shape index (κ3) is 2.46. The van der Waals surface area contributed by atoms with Crippen LogP contribution < -0.4 is 15.2 Å². The quantitative estimate of drug-likeness (QED) is 0.932. The second kappa shape index (κ2) is 4.66. The van der Waals surface area contributed by atoms with E-state index < -0.39 is 0 Å². The number of rotatable bonds is 4. The van der Waals surface area contributed by atoms with Crippen LogP contribution in [0, 0.1) is 0 Å². The molecule has 0 aliphatic heterocycles. The molecule has 3 rings (SSSR count). The van der Waals surface area contributed by atoms with E-state index in [1.54, 1.807) is 25.3 Å². The molecule has 0 bridgehead atoms. The highest BCUT2D eigenvalue weighted by atomic mass is 35.5. The minimum Gasteiger partial charge on any atom is -0.493 e. The van der Waals surface area contributed by atoms with Gasteiger partial charge in [-0.25, -0.2) is 0 Å². The van der Waals surface area contributed by atoms with E-state index >= 15 is 0 Å². The van der Waals surface area contributed by atoms with Gasteiger partial charge in [0.15, 0.2) is 11.5 Å². The van der Waals surface area contributed by atoms with E-state index in [2.05, 4.69) is 5.16 Å². The van der Waals surface area contributed by atoms with Gasteiger partial charge in [-0.1, -0.05) is 16.8 Å². The van der Waals surface area contributed by atoms with Crippen molar-refractivity contribution in [2.75, 3.05) is 12.8 Å². The first-order valence-corrected chi connectivity index (χ1v) is 6.32. The minimum absolute atomic E-state index is 0.234. The van der Waals surface area contributed by atoms with Gasteiger partial charge >= 0.3 is 0 Å². The van der Waals surface area contributed by atoms with Crippen LogP contribution >= 0.6 is 11.6 Å². The summed E-state index contributed by atoms with van der Waals surface area (Å²) in [7, 11) is 1.58. The first-order valence-electron chi connectivity index (χ1n) is 5.94. The van der Waals surface area contributed by atoms with Gasteiger partial charge in [0.1, 0.15) is 5.69 Å². The van der Waals surface area contributed by atoms with E-state index in [4.69, 9.17) is 31.3 Å². The maximum absolute atomic E-state index is 6.08. The lowest BCUT2D eigenvalue weighted by atomic mass is 10.1. The van der Waals surface area contributed by atoms with Crippen LogP contribution in [0.1, 0.15) is 12.8 Å². The standard InChI is InChI=1S/C13H13ClN2O3/c1-17-11-5-7(14)4-9(10-6-12(15)19-16-10)13(11)18-8-2-3-8/h4-6,8H,2-3,15H2,1H3. The molecule has 2 N–H and O–H groups in total. The van der Waals surface area contributed by atoms with Gasteiger partial charge in [-0.15, -0.1) is 0 Å². The van der Waals surface area contributed by atoms with Crippen LogP contribution in [0.2, 0.25) is 5.02 Å². The average molecular weight is 281 g/mol. The fourth-order valence-electron chi connectivity index (χ4n) is 1.80. The van der Waals surface area contributed by atoms with Gasteiger partial charge < -0.3 is 19.7 Å². The lowest BCUT2D eigenvalue weighted by molar-refractivity contribution is 0.283. The fourth-order valence-corrected chi connectivity index (χ4v) is 2.01. The molecule has 5 nitrogen and oxygen atoms in total. The van der Waals surface area contributed by atoms with Crippen LogP contribution in [0.25, 0.3) is 11.3 Å². The van der Waals surface area contributed by atoms with Gasteiger partial charge in [-0.05, 0) is 18.9 Å². The zero-order valence-electron chi connectivity index (χ0n) is 10.4. The summed E-state index contributed by atoms with van der Waals surface area (Å²) in [5.41, 5.74) is 6.85. The zero-order valence-corrected chi connectivity index (χ0v) is 11.1. The van der Waals surface area contributed by atoms with Crippen molar-refractivity contribution in [3.8, 4) is 22.8 Å². The number of anilines is 1. The molecule has 0 amide bonds. The zero-order chi connectivity index (χ0) is 13.4. The smallest absolute Gasteiger partial charge is 0.222 e. The van der Waals surface area contributed by atoms with Gasteiger partial charge in [0.05, 0.1) is 18.8 Å². The number of ether oxygens (including phenoxy) is 2. The maximum atomic E-state index is 6.08. The first-order chi connectivity index (χ1) is 9.17.